The van der Waals surface area contributed by atoms with E-state index in [1.165, 1.54) is 42.6 Å². The molecule has 21 heavy (non-hydrogen) atoms. The summed E-state index contributed by atoms with van der Waals surface area (Å²) in [7, 11) is 0. The van der Waals surface area contributed by atoms with Gasteiger partial charge in [0, 0.05) is 18.7 Å². The van der Waals surface area contributed by atoms with Gasteiger partial charge in [-0.3, -0.25) is 5.32 Å². The van der Waals surface area contributed by atoms with E-state index in [2.05, 4.69) is 41.5 Å². The van der Waals surface area contributed by atoms with Crippen molar-refractivity contribution < 1.29 is 0 Å². The first kappa shape index (κ1) is 16.4. The Balaban J connectivity index is 1.75. The molecule has 1 atom stereocenters. The number of unbranched alkanes of at least 4 members (excludes halogenated alkanes) is 3. The van der Waals surface area contributed by atoms with Crippen LogP contribution < -0.4 is 11.1 Å². The van der Waals surface area contributed by atoms with Crippen molar-refractivity contribution in [3.63, 3.8) is 0 Å². The fourth-order valence-corrected chi connectivity index (χ4v) is 3.40. The first-order valence-corrected chi connectivity index (χ1v) is 9.17. The minimum absolute atomic E-state index is 0.0366. The molecule has 0 amide bonds. The predicted molar refractivity (Wildman–Crippen MR) is 93.7 cm³/mol. The molecule has 1 aromatic carbocycles. The summed E-state index contributed by atoms with van der Waals surface area (Å²) in [5, 5.41) is 3.38. The molecule has 0 aromatic heterocycles. The fraction of sp³-hybridized carbons (Fsp3) is 0.588. The average Bonchev–Trinajstić information content (AvgIpc) is 2.51. The number of nitrogens with zero attached hydrogens (tertiary/aromatic N) is 1. The van der Waals surface area contributed by atoms with Crippen molar-refractivity contribution in [3.05, 3.63) is 35.4 Å². The Morgan fingerprint density at radius 3 is 2.76 bits per heavy atom. The zero-order chi connectivity index (χ0) is 14.9. The maximum absolute atomic E-state index is 5.81. The third kappa shape index (κ3) is 5.71. The van der Waals surface area contributed by atoms with E-state index in [9.17, 15) is 0 Å². The number of hydrogen-bond donors (Lipinski definition) is 2. The molecule has 2 rings (SSSR count). The lowest BCUT2D eigenvalue weighted by Crippen LogP contribution is -2.32. The summed E-state index contributed by atoms with van der Waals surface area (Å²) in [6.45, 7) is 3.17. The topological polar surface area (TPSA) is 50.4 Å². The number of thioether (sulfide) groups is 1. The maximum atomic E-state index is 5.81. The van der Waals surface area contributed by atoms with Gasteiger partial charge in [0.25, 0.3) is 0 Å². The molecule has 1 aliphatic rings. The van der Waals surface area contributed by atoms with Crippen LogP contribution in [0.2, 0.25) is 0 Å². The minimum Gasteiger partial charge on any atom is -0.387 e. The quantitative estimate of drug-likeness (QED) is 0.717. The van der Waals surface area contributed by atoms with Gasteiger partial charge in [0.1, 0.15) is 6.17 Å². The predicted octanol–water partition coefficient (Wildman–Crippen LogP) is 3.85. The van der Waals surface area contributed by atoms with Crippen molar-refractivity contribution in [3.8, 4) is 0 Å². The van der Waals surface area contributed by atoms with Gasteiger partial charge in [-0.15, -0.1) is 0 Å². The molecule has 3 N–H and O–H groups in total. The van der Waals surface area contributed by atoms with Gasteiger partial charge in [-0.05, 0) is 23.3 Å². The van der Waals surface area contributed by atoms with E-state index >= 15 is 0 Å². The first-order valence-electron chi connectivity index (χ1n) is 8.01. The largest absolute Gasteiger partial charge is 0.387 e. The van der Waals surface area contributed by atoms with Crippen LogP contribution in [0, 0.1) is 0 Å². The van der Waals surface area contributed by atoms with Crippen molar-refractivity contribution in [2.45, 2.75) is 50.9 Å². The summed E-state index contributed by atoms with van der Waals surface area (Å²) in [4.78, 5) is 4.46. The van der Waals surface area contributed by atoms with Gasteiger partial charge >= 0.3 is 0 Å². The summed E-state index contributed by atoms with van der Waals surface area (Å²) < 4.78 is 0. The zero-order valence-corrected chi connectivity index (χ0v) is 13.8. The Morgan fingerprint density at radius 1 is 1.24 bits per heavy atom. The van der Waals surface area contributed by atoms with Gasteiger partial charge in [-0.25, -0.2) is 4.99 Å². The highest BCUT2D eigenvalue weighted by molar-refractivity contribution is 7.98. The van der Waals surface area contributed by atoms with E-state index < -0.39 is 0 Å². The van der Waals surface area contributed by atoms with E-state index in [0.717, 1.165) is 24.6 Å². The molecule has 3 nitrogen and oxygen atoms in total. The molecule has 4 heteroatoms. The Bertz CT molecular complexity index is 442. The van der Waals surface area contributed by atoms with Crippen LogP contribution in [0.5, 0.6) is 0 Å². The lowest BCUT2D eigenvalue weighted by atomic mass is 10.1. The van der Waals surface area contributed by atoms with Gasteiger partial charge in [0.15, 0.2) is 0 Å². The van der Waals surface area contributed by atoms with Gasteiger partial charge < -0.3 is 5.73 Å². The van der Waals surface area contributed by atoms with Crippen LogP contribution in [0.25, 0.3) is 0 Å². The van der Waals surface area contributed by atoms with Crippen LogP contribution in [0.1, 0.15) is 56.3 Å². The molecule has 1 aliphatic heterocycles. The van der Waals surface area contributed by atoms with Crippen LogP contribution in [0.15, 0.2) is 29.3 Å². The Morgan fingerprint density at radius 2 is 2.05 bits per heavy atom. The molecule has 0 saturated heterocycles. The SMILES string of the molecule is CCCCCCSCc1ccc(C2N=C(N)CCN2)cc1. The Hall–Kier alpha value is -1.00. The highest BCUT2D eigenvalue weighted by Gasteiger charge is 2.13. The molecule has 0 aliphatic carbocycles. The number of amidine groups is 1. The number of benzene rings is 1. The molecular weight excluding hydrogens is 278 g/mol. The third-order valence-corrected chi connectivity index (χ3v) is 4.83. The van der Waals surface area contributed by atoms with Gasteiger partial charge in [-0.2, -0.15) is 11.8 Å². The van der Waals surface area contributed by atoms with Gasteiger partial charge in [0.05, 0.1) is 5.84 Å². The second kappa shape index (κ2) is 9.11. The summed E-state index contributed by atoms with van der Waals surface area (Å²) >= 11 is 2.04. The fourth-order valence-electron chi connectivity index (χ4n) is 2.42. The summed E-state index contributed by atoms with van der Waals surface area (Å²) in [5.74, 6) is 3.13. The summed E-state index contributed by atoms with van der Waals surface area (Å²) in [6, 6.07) is 8.78. The highest BCUT2D eigenvalue weighted by atomic mass is 32.2. The molecule has 0 radical (unpaired) electrons. The smallest absolute Gasteiger partial charge is 0.127 e. The minimum atomic E-state index is 0.0366. The third-order valence-electron chi connectivity index (χ3n) is 3.72. The Labute approximate surface area is 132 Å². The van der Waals surface area contributed by atoms with E-state index in [4.69, 9.17) is 5.73 Å². The number of hydrogen-bond acceptors (Lipinski definition) is 4. The molecule has 0 fully saturated rings. The highest BCUT2D eigenvalue weighted by Crippen LogP contribution is 2.20. The van der Waals surface area contributed by atoms with E-state index in [-0.39, 0.29) is 6.17 Å². The average molecular weight is 305 g/mol. The second-order valence-electron chi connectivity index (χ2n) is 5.58. The molecule has 1 aromatic rings. The zero-order valence-electron chi connectivity index (χ0n) is 13.0. The van der Waals surface area contributed by atoms with Crippen molar-refractivity contribution in [2.75, 3.05) is 12.3 Å². The molecule has 116 valence electrons. The molecule has 0 bridgehead atoms. The summed E-state index contributed by atoms with van der Waals surface area (Å²) in [5.41, 5.74) is 8.41. The van der Waals surface area contributed by atoms with E-state index in [0.29, 0.717) is 0 Å². The van der Waals surface area contributed by atoms with E-state index in [1.807, 2.05) is 11.8 Å². The molecule has 0 saturated carbocycles. The maximum Gasteiger partial charge on any atom is 0.127 e. The van der Waals surface area contributed by atoms with Crippen LogP contribution in [0.4, 0.5) is 0 Å². The number of nitrogens with two attached hydrogens (primary N) is 1. The lowest BCUT2D eigenvalue weighted by Gasteiger charge is -2.20. The van der Waals surface area contributed by atoms with Crippen LogP contribution in [0.3, 0.4) is 0 Å². The normalized spacial score (nSPS) is 18.5. The van der Waals surface area contributed by atoms with Crippen LogP contribution in [-0.2, 0) is 5.75 Å². The standard InChI is InChI=1S/C17H27N3S/c1-2-3-4-5-12-21-13-14-6-8-15(9-7-14)17-19-11-10-16(18)20-17/h6-9,17,19H,2-5,10-13H2,1H3,(H2,18,20). The second-order valence-corrected chi connectivity index (χ2v) is 6.69. The van der Waals surface area contributed by atoms with Crippen molar-refractivity contribution >= 4 is 17.6 Å². The first-order chi connectivity index (χ1) is 10.3. The van der Waals surface area contributed by atoms with Crippen molar-refractivity contribution in [1.29, 1.82) is 0 Å². The number of rotatable bonds is 8. The van der Waals surface area contributed by atoms with Crippen LogP contribution >= 0.6 is 11.8 Å². The van der Waals surface area contributed by atoms with Crippen molar-refractivity contribution in [1.82, 2.24) is 5.32 Å². The number of aliphatic imine (C=N–C) groups is 1. The molecule has 1 heterocycles. The monoisotopic (exact) mass is 305 g/mol. The lowest BCUT2D eigenvalue weighted by molar-refractivity contribution is 0.540. The molecule has 1 unspecified atom stereocenters. The summed E-state index contributed by atoms with van der Waals surface area (Å²) in [6.07, 6.45) is 6.28. The van der Waals surface area contributed by atoms with Gasteiger partial charge in [-0.1, -0.05) is 50.5 Å². The van der Waals surface area contributed by atoms with Crippen molar-refractivity contribution in [2.24, 2.45) is 10.7 Å². The van der Waals surface area contributed by atoms with E-state index in [1.54, 1.807) is 0 Å². The molecular formula is C17H27N3S. The van der Waals surface area contributed by atoms with Crippen LogP contribution in [-0.4, -0.2) is 18.1 Å². The number of nitrogens with one attached hydrogen (secondary N) is 1. The molecule has 0 spiro atoms. The van der Waals surface area contributed by atoms with Gasteiger partial charge in [0.2, 0.25) is 0 Å². The Kier molecular flexibility index (Phi) is 7.10.